The van der Waals surface area contributed by atoms with Gasteiger partial charge in [-0.2, -0.15) is 5.10 Å². The molecule has 1 aromatic heterocycles. The number of rotatable bonds is 2. The Morgan fingerprint density at radius 1 is 1.00 bits per heavy atom. The molecule has 0 atom stereocenters. The molecule has 1 aromatic carbocycles. The Hall–Kier alpha value is -3.12. The standard InChI is InChI=1S/C17H12ClN5O/c1-10-20-21-16-14(11-2-4-13(18)5-3-11)15(17(24)22-23(10)16)12-6-8-19-9-7-12/h2-9,20H,1H2,(H,22,24). The Labute approximate surface area is 143 Å². The van der Waals surface area contributed by atoms with E-state index < -0.39 is 0 Å². The molecule has 0 fully saturated rings. The molecule has 0 spiro atoms. The number of hydrogen-bond acceptors (Lipinski definition) is 5. The maximum atomic E-state index is 12.8. The van der Waals surface area contributed by atoms with E-state index in [1.807, 2.05) is 12.1 Å². The van der Waals surface area contributed by atoms with Crippen molar-refractivity contribution in [1.82, 2.24) is 20.8 Å². The molecule has 118 valence electrons. The molecule has 0 bridgehead atoms. The minimum absolute atomic E-state index is 0.241. The van der Waals surface area contributed by atoms with Gasteiger partial charge in [-0.15, -0.1) is 0 Å². The van der Waals surface area contributed by atoms with Crippen molar-refractivity contribution in [3.63, 3.8) is 0 Å². The number of hydrogen-bond donors (Lipinski definition) is 2. The highest BCUT2D eigenvalue weighted by atomic mass is 35.5. The van der Waals surface area contributed by atoms with Gasteiger partial charge in [-0.1, -0.05) is 30.3 Å². The summed E-state index contributed by atoms with van der Waals surface area (Å²) < 4.78 is 0. The second-order valence-corrected chi connectivity index (χ2v) is 5.70. The molecule has 24 heavy (non-hydrogen) atoms. The number of nitrogens with one attached hydrogen (secondary N) is 2. The zero-order valence-electron chi connectivity index (χ0n) is 12.5. The van der Waals surface area contributed by atoms with Crippen molar-refractivity contribution in [3.05, 3.63) is 77.3 Å². The molecule has 2 N–H and O–H groups in total. The van der Waals surface area contributed by atoms with E-state index in [-0.39, 0.29) is 5.91 Å². The van der Waals surface area contributed by atoms with Crippen molar-refractivity contribution in [1.29, 1.82) is 0 Å². The lowest BCUT2D eigenvalue weighted by atomic mass is 9.92. The summed E-state index contributed by atoms with van der Waals surface area (Å²) in [6.07, 6.45) is 3.30. The van der Waals surface area contributed by atoms with Crippen LogP contribution in [0.15, 0.2) is 66.3 Å². The molecule has 2 aliphatic heterocycles. The number of benzene rings is 1. The second kappa shape index (κ2) is 5.50. The van der Waals surface area contributed by atoms with Gasteiger partial charge in [-0.05, 0) is 35.4 Å². The second-order valence-electron chi connectivity index (χ2n) is 5.26. The molecule has 3 heterocycles. The van der Waals surface area contributed by atoms with Crippen LogP contribution in [0.2, 0.25) is 5.02 Å². The molecule has 2 aliphatic rings. The van der Waals surface area contributed by atoms with Crippen molar-refractivity contribution in [2.24, 2.45) is 5.10 Å². The highest BCUT2D eigenvalue weighted by Crippen LogP contribution is 2.34. The fourth-order valence-electron chi connectivity index (χ4n) is 2.70. The van der Waals surface area contributed by atoms with Crippen LogP contribution in [0, 0.1) is 0 Å². The molecular weight excluding hydrogens is 326 g/mol. The van der Waals surface area contributed by atoms with E-state index in [4.69, 9.17) is 11.6 Å². The Morgan fingerprint density at radius 3 is 2.38 bits per heavy atom. The summed E-state index contributed by atoms with van der Waals surface area (Å²) in [5.41, 5.74) is 8.39. The van der Waals surface area contributed by atoms with Gasteiger partial charge in [0, 0.05) is 23.0 Å². The Bertz CT molecular complexity index is 902. The van der Waals surface area contributed by atoms with E-state index in [0.29, 0.717) is 27.8 Å². The van der Waals surface area contributed by atoms with Gasteiger partial charge in [-0.25, -0.2) is 5.01 Å². The number of amides is 1. The van der Waals surface area contributed by atoms with Crippen molar-refractivity contribution in [2.75, 3.05) is 0 Å². The van der Waals surface area contributed by atoms with Crippen LogP contribution in [0.3, 0.4) is 0 Å². The van der Waals surface area contributed by atoms with Crippen molar-refractivity contribution in [2.45, 2.75) is 0 Å². The quantitative estimate of drug-likeness (QED) is 0.882. The molecule has 2 aromatic rings. The van der Waals surface area contributed by atoms with Gasteiger partial charge < -0.3 is 0 Å². The van der Waals surface area contributed by atoms with Crippen LogP contribution < -0.4 is 10.9 Å². The fraction of sp³-hybridized carbons (Fsp3) is 0. The Morgan fingerprint density at radius 2 is 1.67 bits per heavy atom. The minimum atomic E-state index is -0.241. The zero-order valence-corrected chi connectivity index (χ0v) is 13.2. The minimum Gasteiger partial charge on any atom is -0.267 e. The summed E-state index contributed by atoms with van der Waals surface area (Å²) in [4.78, 5) is 16.8. The van der Waals surface area contributed by atoms with Crippen molar-refractivity contribution in [3.8, 4) is 0 Å². The number of carbonyl (C=O) groups is 1. The first kappa shape index (κ1) is 14.5. The number of halogens is 1. The van der Waals surface area contributed by atoms with Gasteiger partial charge in [0.25, 0.3) is 5.91 Å². The van der Waals surface area contributed by atoms with Gasteiger partial charge in [-0.3, -0.25) is 20.6 Å². The summed E-state index contributed by atoms with van der Waals surface area (Å²) in [5, 5.41) is 6.46. The summed E-state index contributed by atoms with van der Waals surface area (Å²) in [5.74, 6) is 0.822. The number of amidine groups is 1. The first-order valence-electron chi connectivity index (χ1n) is 7.20. The number of aromatic nitrogens is 1. The van der Waals surface area contributed by atoms with E-state index in [2.05, 4.69) is 27.5 Å². The van der Waals surface area contributed by atoms with Gasteiger partial charge in [0.2, 0.25) is 0 Å². The van der Waals surface area contributed by atoms with E-state index >= 15 is 0 Å². The third-order valence-electron chi connectivity index (χ3n) is 3.79. The first-order chi connectivity index (χ1) is 11.6. The third kappa shape index (κ3) is 2.24. The number of hydrazone groups is 1. The van der Waals surface area contributed by atoms with Crippen molar-refractivity contribution < 1.29 is 4.79 Å². The van der Waals surface area contributed by atoms with Crippen LogP contribution in [-0.2, 0) is 4.79 Å². The predicted octanol–water partition coefficient (Wildman–Crippen LogP) is 2.38. The lowest BCUT2D eigenvalue weighted by Crippen LogP contribution is -2.48. The van der Waals surface area contributed by atoms with Crippen LogP contribution >= 0.6 is 11.6 Å². The molecular formula is C17H12ClN5O. The van der Waals surface area contributed by atoms with Crippen LogP contribution in [0.5, 0.6) is 0 Å². The van der Waals surface area contributed by atoms with Crippen LogP contribution in [0.1, 0.15) is 11.1 Å². The largest absolute Gasteiger partial charge is 0.271 e. The average molecular weight is 338 g/mol. The smallest absolute Gasteiger partial charge is 0.267 e. The molecule has 0 saturated carbocycles. The zero-order chi connectivity index (χ0) is 16.7. The summed E-state index contributed by atoms with van der Waals surface area (Å²) in [6.45, 7) is 3.84. The highest BCUT2D eigenvalue weighted by Gasteiger charge is 2.36. The van der Waals surface area contributed by atoms with E-state index in [0.717, 1.165) is 11.1 Å². The summed E-state index contributed by atoms with van der Waals surface area (Å²) in [6, 6.07) is 10.9. The summed E-state index contributed by atoms with van der Waals surface area (Å²) >= 11 is 6.00. The Balaban J connectivity index is 1.99. The monoisotopic (exact) mass is 337 g/mol. The molecule has 0 unspecified atom stereocenters. The number of hydrazine groups is 1. The predicted molar refractivity (Wildman–Crippen MR) is 92.2 cm³/mol. The molecule has 0 radical (unpaired) electrons. The number of carbonyl (C=O) groups excluding carboxylic acids is 1. The molecule has 4 rings (SSSR count). The Kier molecular flexibility index (Phi) is 3.32. The molecule has 1 amide bonds. The van der Waals surface area contributed by atoms with E-state index in [1.54, 1.807) is 36.7 Å². The average Bonchev–Trinajstić information content (AvgIpc) is 2.96. The molecule has 7 heteroatoms. The highest BCUT2D eigenvalue weighted by molar-refractivity contribution is 6.43. The van der Waals surface area contributed by atoms with Crippen LogP contribution in [0.25, 0.3) is 11.1 Å². The maximum absolute atomic E-state index is 12.8. The lowest BCUT2D eigenvalue weighted by Gasteiger charge is -2.29. The first-order valence-corrected chi connectivity index (χ1v) is 7.57. The van der Waals surface area contributed by atoms with Gasteiger partial charge in [0.1, 0.15) is 5.82 Å². The third-order valence-corrected chi connectivity index (χ3v) is 4.04. The van der Waals surface area contributed by atoms with E-state index in [9.17, 15) is 4.79 Å². The topological polar surface area (TPSA) is 69.6 Å². The van der Waals surface area contributed by atoms with Gasteiger partial charge in [0.05, 0.1) is 5.57 Å². The SMILES string of the molecule is C=C1NN=C2C(c3ccc(Cl)cc3)=C(c3ccncc3)C(=O)NN12. The fourth-order valence-corrected chi connectivity index (χ4v) is 2.83. The normalized spacial score (nSPS) is 16.5. The van der Waals surface area contributed by atoms with Crippen molar-refractivity contribution >= 4 is 34.5 Å². The lowest BCUT2D eigenvalue weighted by molar-refractivity contribution is -0.118. The number of pyridine rings is 1. The molecule has 6 nitrogen and oxygen atoms in total. The van der Waals surface area contributed by atoms with E-state index in [1.165, 1.54) is 5.01 Å². The molecule has 0 saturated heterocycles. The maximum Gasteiger partial charge on any atom is 0.271 e. The number of nitrogens with zero attached hydrogens (tertiary/aromatic N) is 3. The van der Waals surface area contributed by atoms with Crippen LogP contribution in [-0.4, -0.2) is 21.7 Å². The van der Waals surface area contributed by atoms with Gasteiger partial charge in [0.15, 0.2) is 5.84 Å². The molecule has 0 aliphatic carbocycles. The van der Waals surface area contributed by atoms with Crippen LogP contribution in [0.4, 0.5) is 0 Å². The summed E-state index contributed by atoms with van der Waals surface area (Å²) in [7, 11) is 0. The number of fused-ring (bicyclic) bond motifs is 1. The van der Waals surface area contributed by atoms with Gasteiger partial charge >= 0.3 is 0 Å².